The maximum Gasteiger partial charge on any atom is 0.236 e. The molecule has 6 heteroatoms. The van der Waals surface area contributed by atoms with Crippen LogP contribution < -0.4 is 4.74 Å². The lowest BCUT2D eigenvalue weighted by Gasteiger charge is -2.39. The summed E-state index contributed by atoms with van der Waals surface area (Å²) in [4.78, 5) is 31.9. The van der Waals surface area contributed by atoms with Crippen LogP contribution in [0, 0.1) is 5.41 Å². The molecule has 28 heavy (non-hydrogen) atoms. The van der Waals surface area contributed by atoms with Gasteiger partial charge in [-0.1, -0.05) is 12.1 Å². The highest BCUT2D eigenvalue weighted by molar-refractivity contribution is 5.86. The van der Waals surface area contributed by atoms with Gasteiger partial charge in [0.1, 0.15) is 5.75 Å². The second-order valence-electron chi connectivity index (χ2n) is 8.54. The molecule has 2 fully saturated rings. The Kier molecular flexibility index (Phi) is 6.28. The lowest BCUT2D eigenvalue weighted by Crippen LogP contribution is -2.50. The highest BCUT2D eigenvalue weighted by Crippen LogP contribution is 2.40. The van der Waals surface area contributed by atoms with E-state index in [0.29, 0.717) is 32.2 Å². The van der Waals surface area contributed by atoms with Crippen LogP contribution in [0.5, 0.6) is 5.75 Å². The number of carbonyl (C=O) groups is 2. The molecule has 154 valence electrons. The SMILES string of the molecule is COc1cccc(CN2CCCC3(CCN(C(=O)CN(C)C(C)C)C3)C2=O)c1. The topological polar surface area (TPSA) is 53.1 Å². The minimum atomic E-state index is -0.400. The van der Waals surface area contributed by atoms with Crippen molar-refractivity contribution >= 4 is 11.8 Å². The lowest BCUT2D eigenvalue weighted by atomic mass is 9.78. The first-order chi connectivity index (χ1) is 13.3. The number of rotatable bonds is 6. The third-order valence-corrected chi connectivity index (χ3v) is 6.30. The zero-order valence-electron chi connectivity index (χ0n) is 17.6. The zero-order chi connectivity index (χ0) is 20.3. The summed E-state index contributed by atoms with van der Waals surface area (Å²) < 4.78 is 5.30. The van der Waals surface area contributed by atoms with Crippen LogP contribution in [0.2, 0.25) is 0 Å². The van der Waals surface area contributed by atoms with E-state index in [4.69, 9.17) is 4.74 Å². The molecule has 3 rings (SSSR count). The quantitative estimate of drug-likeness (QED) is 0.752. The Balaban J connectivity index is 1.66. The number of nitrogens with zero attached hydrogens (tertiary/aromatic N) is 3. The second kappa shape index (κ2) is 8.52. The highest BCUT2D eigenvalue weighted by Gasteiger charge is 2.49. The van der Waals surface area contributed by atoms with Crippen molar-refractivity contribution in [2.75, 3.05) is 40.3 Å². The molecule has 0 saturated carbocycles. The second-order valence-corrected chi connectivity index (χ2v) is 8.54. The van der Waals surface area contributed by atoms with E-state index in [0.717, 1.165) is 37.1 Å². The van der Waals surface area contributed by atoms with Crippen molar-refractivity contribution in [3.8, 4) is 5.75 Å². The number of hydrogen-bond donors (Lipinski definition) is 0. The van der Waals surface area contributed by atoms with Gasteiger partial charge in [-0.2, -0.15) is 0 Å². The molecule has 2 heterocycles. The highest BCUT2D eigenvalue weighted by atomic mass is 16.5. The molecule has 0 aliphatic carbocycles. The summed E-state index contributed by atoms with van der Waals surface area (Å²) in [7, 11) is 3.62. The van der Waals surface area contributed by atoms with Crippen LogP contribution in [-0.4, -0.2) is 72.9 Å². The molecule has 6 nitrogen and oxygen atoms in total. The van der Waals surface area contributed by atoms with E-state index >= 15 is 0 Å². The number of ether oxygens (including phenoxy) is 1. The van der Waals surface area contributed by atoms with Crippen LogP contribution in [-0.2, 0) is 16.1 Å². The van der Waals surface area contributed by atoms with Crippen molar-refractivity contribution < 1.29 is 14.3 Å². The van der Waals surface area contributed by atoms with Gasteiger partial charge in [0, 0.05) is 32.2 Å². The number of carbonyl (C=O) groups excluding carboxylic acids is 2. The summed E-state index contributed by atoms with van der Waals surface area (Å²) in [6.07, 6.45) is 2.64. The molecule has 1 aromatic rings. The first kappa shape index (κ1) is 20.6. The monoisotopic (exact) mass is 387 g/mol. The molecular formula is C22H33N3O3. The molecule has 0 bridgehead atoms. The van der Waals surface area contributed by atoms with E-state index in [1.807, 2.05) is 46.0 Å². The third kappa shape index (κ3) is 4.32. The average molecular weight is 388 g/mol. The minimum absolute atomic E-state index is 0.130. The zero-order valence-corrected chi connectivity index (χ0v) is 17.6. The van der Waals surface area contributed by atoms with Gasteiger partial charge in [0.25, 0.3) is 0 Å². The normalized spacial score (nSPS) is 22.6. The Morgan fingerprint density at radius 3 is 2.79 bits per heavy atom. The molecule has 2 aliphatic heterocycles. The van der Waals surface area contributed by atoms with Gasteiger partial charge >= 0.3 is 0 Å². The van der Waals surface area contributed by atoms with Gasteiger partial charge in [-0.05, 0) is 57.9 Å². The summed E-state index contributed by atoms with van der Waals surface area (Å²) in [6, 6.07) is 8.22. The number of likely N-dealkylation sites (N-methyl/N-ethyl adjacent to an activating group) is 1. The van der Waals surface area contributed by atoms with Crippen molar-refractivity contribution in [3.63, 3.8) is 0 Å². The van der Waals surface area contributed by atoms with Gasteiger partial charge in [-0.15, -0.1) is 0 Å². The molecule has 1 unspecified atom stereocenters. The van der Waals surface area contributed by atoms with Crippen molar-refractivity contribution in [1.29, 1.82) is 0 Å². The maximum atomic E-state index is 13.4. The predicted molar refractivity (Wildman–Crippen MR) is 109 cm³/mol. The summed E-state index contributed by atoms with van der Waals surface area (Å²) >= 11 is 0. The van der Waals surface area contributed by atoms with Crippen LogP contribution >= 0.6 is 0 Å². The van der Waals surface area contributed by atoms with Crippen LogP contribution in [0.1, 0.15) is 38.7 Å². The molecule has 1 aromatic carbocycles. The van der Waals surface area contributed by atoms with E-state index in [2.05, 4.69) is 13.8 Å². The fourth-order valence-corrected chi connectivity index (χ4v) is 4.25. The molecule has 1 atom stereocenters. The van der Waals surface area contributed by atoms with E-state index in [-0.39, 0.29) is 11.8 Å². The van der Waals surface area contributed by atoms with Gasteiger partial charge in [0.05, 0.1) is 19.1 Å². The van der Waals surface area contributed by atoms with Crippen molar-refractivity contribution in [3.05, 3.63) is 29.8 Å². The van der Waals surface area contributed by atoms with E-state index in [1.54, 1.807) is 7.11 Å². The van der Waals surface area contributed by atoms with Crippen LogP contribution in [0.25, 0.3) is 0 Å². The smallest absolute Gasteiger partial charge is 0.236 e. The van der Waals surface area contributed by atoms with Crippen molar-refractivity contribution in [2.45, 2.75) is 45.7 Å². The Hall–Kier alpha value is -2.08. The van der Waals surface area contributed by atoms with Gasteiger partial charge in [-0.3, -0.25) is 14.5 Å². The van der Waals surface area contributed by atoms with Gasteiger partial charge in [0.2, 0.25) is 11.8 Å². The fourth-order valence-electron chi connectivity index (χ4n) is 4.25. The number of methoxy groups -OCH3 is 1. The summed E-state index contributed by atoms with van der Waals surface area (Å²) in [5.74, 6) is 1.14. The summed E-state index contributed by atoms with van der Waals surface area (Å²) in [6.45, 7) is 7.20. The van der Waals surface area contributed by atoms with E-state index < -0.39 is 5.41 Å². The molecular weight excluding hydrogens is 354 g/mol. The van der Waals surface area contributed by atoms with E-state index in [1.165, 1.54) is 0 Å². The Morgan fingerprint density at radius 1 is 1.29 bits per heavy atom. The van der Waals surface area contributed by atoms with E-state index in [9.17, 15) is 9.59 Å². The van der Waals surface area contributed by atoms with Crippen molar-refractivity contribution in [1.82, 2.24) is 14.7 Å². The number of likely N-dealkylation sites (tertiary alicyclic amines) is 2. The maximum absolute atomic E-state index is 13.4. The first-order valence-corrected chi connectivity index (χ1v) is 10.2. The summed E-state index contributed by atoms with van der Waals surface area (Å²) in [5, 5.41) is 0. The molecule has 0 radical (unpaired) electrons. The number of piperidine rings is 1. The predicted octanol–water partition coefficient (Wildman–Crippen LogP) is 2.38. The molecule has 1 spiro atoms. The standard InChI is InChI=1S/C22H33N3O3/c1-17(2)23(3)15-20(26)25-12-10-22(16-25)9-6-11-24(21(22)27)14-18-7-5-8-19(13-18)28-4/h5,7-8,13,17H,6,9-12,14-16H2,1-4H3. The van der Waals surface area contributed by atoms with Crippen LogP contribution in [0.3, 0.4) is 0 Å². The Bertz CT molecular complexity index is 721. The lowest BCUT2D eigenvalue weighted by molar-refractivity contribution is -0.147. The Labute approximate surface area is 168 Å². The van der Waals surface area contributed by atoms with Crippen molar-refractivity contribution in [2.24, 2.45) is 5.41 Å². The number of benzene rings is 1. The van der Waals surface area contributed by atoms with Gasteiger partial charge in [-0.25, -0.2) is 0 Å². The Morgan fingerprint density at radius 2 is 2.07 bits per heavy atom. The van der Waals surface area contributed by atoms with Gasteiger partial charge in [0.15, 0.2) is 0 Å². The summed E-state index contributed by atoms with van der Waals surface area (Å²) in [5.41, 5.74) is 0.678. The van der Waals surface area contributed by atoms with Crippen LogP contribution in [0.15, 0.2) is 24.3 Å². The van der Waals surface area contributed by atoms with Gasteiger partial charge < -0.3 is 14.5 Å². The third-order valence-electron chi connectivity index (χ3n) is 6.30. The van der Waals surface area contributed by atoms with Crippen LogP contribution in [0.4, 0.5) is 0 Å². The molecule has 2 amide bonds. The fraction of sp³-hybridized carbons (Fsp3) is 0.636. The average Bonchev–Trinajstić information content (AvgIpc) is 3.11. The molecule has 2 aliphatic rings. The largest absolute Gasteiger partial charge is 0.497 e. The molecule has 2 saturated heterocycles. The minimum Gasteiger partial charge on any atom is -0.497 e. The number of hydrogen-bond acceptors (Lipinski definition) is 4. The number of amides is 2. The molecule has 0 aromatic heterocycles. The first-order valence-electron chi connectivity index (χ1n) is 10.2. The molecule has 0 N–H and O–H groups in total.